The molecular formula is C54H45Cl2F16N5O5. The molecule has 0 aliphatic heterocycles. The van der Waals surface area contributed by atoms with Crippen LogP contribution in [0.3, 0.4) is 0 Å². The van der Waals surface area contributed by atoms with Gasteiger partial charge >= 0.3 is 49.4 Å². The van der Waals surface area contributed by atoms with E-state index < -0.39 is 94.6 Å². The first-order chi connectivity index (χ1) is 38.2. The molecule has 2 amide bonds. The number of hydrogen-bond donors (Lipinski definition) is 4. The van der Waals surface area contributed by atoms with Gasteiger partial charge in [0.25, 0.3) is 0 Å². The third-order valence-corrected chi connectivity index (χ3v) is 13.8. The molecule has 2 aliphatic carbocycles. The Hall–Kier alpha value is -7.06. The Morgan fingerprint density at radius 1 is 0.598 bits per heavy atom. The average molecular weight is 1220 g/mol. The van der Waals surface area contributed by atoms with Gasteiger partial charge in [0.1, 0.15) is 34.2 Å². The second-order valence-electron chi connectivity index (χ2n) is 19.0. The SMILES string of the molecule is N[C@@](Cc1ccccc1)(c1cc(F)cc(OC(F)(F)C(F)F)c1)c1ccc(Cl)cn1.O=C(NC1(C(F)(F)F)CCC1)N[C@@](Cc1ccccc1)(c1cc(F)cc(OC(F)(F)C(F)F)c1)c1ccc(Cl)cn1.O=C(O)C1(C(F)(F)F)CCC1. The van der Waals surface area contributed by atoms with Crippen molar-refractivity contribution in [2.75, 3.05) is 0 Å². The first kappa shape index (κ1) is 64.1. The standard InChI is InChI=1S/C27H22ClF8N3O2.C21H16ClF5N2O.C6H7F3O2/c28-18-7-8-21(37-15-18)25(14-16-5-2-1-3-6-16,39-23(40)38-24(9-4-10-24)27(34,35)36)17-11-19(29)13-20(12-17)41-26(32,33)22(30)31;22-15-6-7-18(29-12-15)20(28,11-13-4-2-1-3-5-13)14-8-16(23)10-17(9-14)30-21(26,27)19(24)25;7-6(8,9)5(4(10)11)2-1-3-5/h1-3,5-8,11-13,15,22H,4,9-10,14H2,(H2,38,39,40);1-10,12,19H,11,28H2;1-3H2,(H,10,11)/t25-;20-;/m00./s1. The molecule has 442 valence electrons. The number of carbonyl (C=O) groups is 2. The zero-order chi connectivity index (χ0) is 60.7. The van der Waals surface area contributed by atoms with Crippen LogP contribution in [0, 0.1) is 17.0 Å². The molecule has 10 nitrogen and oxygen atoms in total. The smallest absolute Gasteiger partial charge is 0.461 e. The van der Waals surface area contributed by atoms with Gasteiger partial charge in [0.2, 0.25) is 0 Å². The Bertz CT molecular complexity index is 3120. The van der Waals surface area contributed by atoms with Crippen LogP contribution in [0.15, 0.2) is 134 Å². The van der Waals surface area contributed by atoms with E-state index in [1.165, 1.54) is 30.5 Å². The molecule has 0 unspecified atom stereocenters. The molecule has 6 aromatic rings. The summed E-state index contributed by atoms with van der Waals surface area (Å²) in [6.07, 6.45) is -25.9. The lowest BCUT2D eigenvalue weighted by Crippen LogP contribution is -2.66. The van der Waals surface area contributed by atoms with Gasteiger partial charge in [-0.05, 0) is 103 Å². The van der Waals surface area contributed by atoms with E-state index in [1.54, 1.807) is 60.7 Å². The summed E-state index contributed by atoms with van der Waals surface area (Å²) in [5.74, 6) is -5.75. The number of aromatic nitrogens is 2. The topological polar surface area (TPSA) is 149 Å². The number of pyridine rings is 2. The number of alkyl halides is 14. The molecule has 4 aromatic carbocycles. The Balaban J connectivity index is 0.000000229. The van der Waals surface area contributed by atoms with Gasteiger partial charge in [0.15, 0.2) is 5.41 Å². The maximum absolute atomic E-state index is 14.9. The second-order valence-corrected chi connectivity index (χ2v) is 19.8. The van der Waals surface area contributed by atoms with Crippen LogP contribution in [0.25, 0.3) is 0 Å². The van der Waals surface area contributed by atoms with Crippen LogP contribution < -0.4 is 25.8 Å². The number of urea groups is 1. The highest BCUT2D eigenvalue weighted by molar-refractivity contribution is 6.30. The minimum absolute atomic E-state index is 0.0150. The van der Waals surface area contributed by atoms with Crippen molar-refractivity contribution >= 4 is 35.2 Å². The lowest BCUT2D eigenvalue weighted by molar-refractivity contribution is -0.253. The molecule has 0 saturated heterocycles. The fourth-order valence-electron chi connectivity index (χ4n) is 8.70. The number of carboxylic acids is 1. The number of nitrogens with zero attached hydrogens (tertiary/aromatic N) is 2. The average Bonchev–Trinajstić information content (AvgIpc) is 3.51. The first-order valence-electron chi connectivity index (χ1n) is 24.1. The van der Waals surface area contributed by atoms with Gasteiger partial charge in [-0.3, -0.25) is 14.8 Å². The van der Waals surface area contributed by atoms with Crippen molar-refractivity contribution in [3.05, 3.63) is 189 Å². The number of ether oxygens (including phenoxy) is 2. The van der Waals surface area contributed by atoms with Crippen molar-refractivity contribution < 1.29 is 94.4 Å². The number of rotatable bonds is 17. The quantitative estimate of drug-likeness (QED) is 0.0660. The molecule has 2 aliphatic rings. The Labute approximate surface area is 465 Å². The van der Waals surface area contributed by atoms with Gasteiger partial charge in [0, 0.05) is 37.4 Å². The number of carbonyl (C=O) groups excluding carboxylic acids is 1. The van der Waals surface area contributed by atoms with E-state index in [-0.39, 0.29) is 72.5 Å². The monoisotopic (exact) mass is 1220 g/mol. The summed E-state index contributed by atoms with van der Waals surface area (Å²) >= 11 is 11.9. The highest BCUT2D eigenvalue weighted by atomic mass is 35.5. The third kappa shape index (κ3) is 14.9. The maximum atomic E-state index is 14.9. The van der Waals surface area contributed by atoms with E-state index in [4.69, 9.17) is 34.0 Å². The van der Waals surface area contributed by atoms with Crippen molar-refractivity contribution in [1.29, 1.82) is 0 Å². The number of aliphatic carboxylic acids is 1. The highest BCUT2D eigenvalue weighted by Crippen LogP contribution is 2.53. The number of benzene rings is 4. The minimum Gasteiger partial charge on any atom is -0.481 e. The zero-order valence-corrected chi connectivity index (χ0v) is 43.4. The van der Waals surface area contributed by atoms with Crippen LogP contribution in [0.5, 0.6) is 11.5 Å². The number of amides is 2. The Morgan fingerprint density at radius 3 is 1.40 bits per heavy atom. The van der Waals surface area contributed by atoms with E-state index in [9.17, 15) is 79.8 Å². The molecule has 0 bridgehead atoms. The van der Waals surface area contributed by atoms with Crippen LogP contribution >= 0.6 is 23.2 Å². The molecule has 0 radical (unpaired) electrons. The Kier molecular flexibility index (Phi) is 19.7. The molecule has 82 heavy (non-hydrogen) atoms. The maximum Gasteiger partial charge on any atom is 0.461 e. The van der Waals surface area contributed by atoms with Crippen molar-refractivity contribution in [1.82, 2.24) is 20.6 Å². The predicted octanol–water partition coefficient (Wildman–Crippen LogP) is 14.7. The number of nitrogens with one attached hydrogen (secondary N) is 2. The van der Waals surface area contributed by atoms with E-state index in [2.05, 4.69) is 24.8 Å². The van der Waals surface area contributed by atoms with Crippen molar-refractivity contribution in [3.63, 3.8) is 0 Å². The summed E-state index contributed by atoms with van der Waals surface area (Å²) < 4.78 is 220. The molecule has 8 rings (SSSR count). The van der Waals surface area contributed by atoms with Crippen LogP contribution in [-0.4, -0.2) is 70.0 Å². The molecule has 5 N–H and O–H groups in total. The first-order valence-corrected chi connectivity index (χ1v) is 24.8. The van der Waals surface area contributed by atoms with Crippen molar-refractivity contribution in [2.24, 2.45) is 11.1 Å². The molecule has 2 heterocycles. The number of hydrogen-bond acceptors (Lipinski definition) is 7. The molecule has 2 fully saturated rings. The number of halogens is 18. The van der Waals surface area contributed by atoms with Crippen molar-refractivity contribution in [3.8, 4) is 11.5 Å². The number of nitrogens with two attached hydrogens (primary N) is 1. The summed E-state index contributed by atoms with van der Waals surface area (Å²) in [4.78, 5) is 31.9. The molecule has 2 aromatic heterocycles. The molecule has 0 spiro atoms. The van der Waals surface area contributed by atoms with Crippen LogP contribution in [-0.2, 0) is 28.7 Å². The fourth-order valence-corrected chi connectivity index (χ4v) is 8.92. The largest absolute Gasteiger partial charge is 0.481 e. The normalized spacial score (nSPS) is 16.3. The van der Waals surface area contributed by atoms with E-state index in [0.29, 0.717) is 29.1 Å². The summed E-state index contributed by atoms with van der Waals surface area (Å²) in [5.41, 5.74) is -0.756. The third-order valence-electron chi connectivity index (χ3n) is 13.3. The number of carboxylic acid groups (broad SMARTS) is 1. The zero-order valence-electron chi connectivity index (χ0n) is 41.9. The van der Waals surface area contributed by atoms with E-state index in [0.717, 1.165) is 36.0 Å². The highest BCUT2D eigenvalue weighted by Gasteiger charge is 2.64. The second kappa shape index (κ2) is 25.2. The Morgan fingerprint density at radius 2 is 1.04 bits per heavy atom. The molecular weight excluding hydrogens is 1170 g/mol. The van der Waals surface area contributed by atoms with E-state index in [1.807, 2.05) is 5.32 Å². The van der Waals surface area contributed by atoms with Gasteiger partial charge in [0.05, 0.1) is 27.0 Å². The van der Waals surface area contributed by atoms with Gasteiger partial charge in [-0.15, -0.1) is 0 Å². The van der Waals surface area contributed by atoms with Crippen LogP contribution in [0.2, 0.25) is 10.0 Å². The van der Waals surface area contributed by atoms with Gasteiger partial charge in [-0.1, -0.05) is 90.3 Å². The minimum atomic E-state index is -5.00. The fraction of sp³-hybridized carbons (Fsp3) is 0.333. The van der Waals surface area contributed by atoms with Gasteiger partial charge in [-0.25, -0.2) is 13.6 Å². The van der Waals surface area contributed by atoms with Crippen LogP contribution in [0.1, 0.15) is 72.2 Å². The summed E-state index contributed by atoms with van der Waals surface area (Å²) in [6.45, 7) is 0. The molecule has 2 saturated carbocycles. The lowest BCUT2D eigenvalue weighted by Gasteiger charge is -2.44. The molecule has 2 atom stereocenters. The molecule has 28 heteroatoms. The van der Waals surface area contributed by atoms with E-state index >= 15 is 0 Å². The van der Waals surface area contributed by atoms with Crippen LogP contribution in [0.4, 0.5) is 75.0 Å². The van der Waals surface area contributed by atoms with Crippen molar-refractivity contribution in [2.45, 2.75) is 105 Å². The predicted molar refractivity (Wildman–Crippen MR) is 265 cm³/mol. The van der Waals surface area contributed by atoms with Gasteiger partial charge < -0.3 is 30.9 Å². The summed E-state index contributed by atoms with van der Waals surface area (Å²) in [5, 5.41) is 13.2. The summed E-state index contributed by atoms with van der Waals surface area (Å²) in [7, 11) is 0. The lowest BCUT2D eigenvalue weighted by atomic mass is 9.68. The van der Waals surface area contributed by atoms with Gasteiger partial charge in [-0.2, -0.15) is 61.5 Å². The summed E-state index contributed by atoms with van der Waals surface area (Å²) in [6, 6.07) is 25.9.